The third-order valence-corrected chi connectivity index (χ3v) is 2.25. The van der Waals surface area contributed by atoms with Gasteiger partial charge in [0.1, 0.15) is 17.3 Å². The van der Waals surface area contributed by atoms with Gasteiger partial charge in [-0.2, -0.15) is 0 Å². The second-order valence-corrected chi connectivity index (χ2v) is 6.19. The molecule has 0 saturated carbocycles. The Hall–Kier alpha value is -1.01. The summed E-state index contributed by atoms with van der Waals surface area (Å²) in [6, 6.07) is 7.27. The maximum atomic E-state index is 13.3. The summed E-state index contributed by atoms with van der Waals surface area (Å²) in [5, 5.41) is 9.43. The summed E-state index contributed by atoms with van der Waals surface area (Å²) in [5.74, 6) is -3.27. The van der Waals surface area contributed by atoms with Crippen molar-refractivity contribution in [1.82, 2.24) is 0 Å². The topological polar surface area (TPSA) is 32.6 Å². The molecule has 0 radical (unpaired) electrons. The molecule has 21 heavy (non-hydrogen) atoms. The summed E-state index contributed by atoms with van der Waals surface area (Å²) in [7, 11) is 9.78. The molecule has 0 fully saturated rings. The number of rotatable bonds is 2. The second-order valence-electron chi connectivity index (χ2n) is 3.61. The van der Waals surface area contributed by atoms with Crippen LogP contribution in [-0.2, 0) is 17.0 Å². The van der Waals surface area contributed by atoms with Crippen LogP contribution in [0.15, 0.2) is 41.4 Å². The first-order chi connectivity index (χ1) is 9.99. The zero-order chi connectivity index (χ0) is 15.8. The summed E-state index contributed by atoms with van der Waals surface area (Å²) < 4.78 is 39.2. The molecule has 2 nitrogen and oxygen atoms in total. The van der Waals surface area contributed by atoms with Gasteiger partial charge in [0.25, 0.3) is 0 Å². The van der Waals surface area contributed by atoms with Gasteiger partial charge in [0.05, 0.1) is 0 Å². The average molecular weight is 370 g/mol. The number of phenols is 1. The number of halogens is 5. The molecule has 0 atom stereocenters. The molecule has 1 N–H and O–H groups in total. The summed E-state index contributed by atoms with van der Waals surface area (Å²) >= 11 is -0.556. The number of hydrogen-bond donors (Lipinski definition) is 1. The summed E-state index contributed by atoms with van der Waals surface area (Å²) in [6.45, 7) is 0. The molecule has 8 heteroatoms. The minimum absolute atomic E-state index is 0.0656. The fourth-order valence-electron chi connectivity index (χ4n) is 1.39. The van der Waals surface area contributed by atoms with Crippen molar-refractivity contribution in [3.8, 4) is 5.75 Å². The van der Waals surface area contributed by atoms with Crippen LogP contribution >= 0.6 is 18.6 Å². The monoisotopic (exact) mass is 369 g/mol. The van der Waals surface area contributed by atoms with Gasteiger partial charge in [-0.25, -0.2) is 18.2 Å². The fraction of sp³-hybridized carbons (Fsp3) is 0. The van der Waals surface area contributed by atoms with E-state index in [1.165, 1.54) is 12.1 Å². The molecule has 0 saturated heterocycles. The van der Waals surface area contributed by atoms with Gasteiger partial charge in [-0.1, -0.05) is 12.1 Å². The number of para-hydroxylation sites is 1. The van der Waals surface area contributed by atoms with Gasteiger partial charge in [-0.15, -0.1) is 0 Å². The Balaban J connectivity index is 0.000000677. The van der Waals surface area contributed by atoms with Crippen LogP contribution in [0.25, 0.3) is 0 Å². The Kier molecular flexibility index (Phi) is 7.82. The van der Waals surface area contributed by atoms with Crippen molar-refractivity contribution in [2.24, 2.45) is 4.99 Å². The predicted molar refractivity (Wildman–Crippen MR) is 73.4 cm³/mol. The molecule has 2 aromatic rings. The quantitative estimate of drug-likeness (QED) is 0.590. The zero-order valence-corrected chi connectivity index (χ0v) is 13.4. The van der Waals surface area contributed by atoms with Crippen molar-refractivity contribution in [2.75, 3.05) is 0 Å². The molecular formula is C13H8Cl2F3NOTi. The average Bonchev–Trinajstić information content (AvgIpc) is 2.40. The van der Waals surface area contributed by atoms with E-state index >= 15 is 0 Å². The number of phenolic OH excluding ortho intramolecular Hbond substituents is 1. The minimum atomic E-state index is -1.10. The van der Waals surface area contributed by atoms with Crippen LogP contribution in [0.1, 0.15) is 5.56 Å². The van der Waals surface area contributed by atoms with E-state index in [1.807, 2.05) is 0 Å². The summed E-state index contributed by atoms with van der Waals surface area (Å²) in [4.78, 5) is 3.58. The van der Waals surface area contributed by atoms with E-state index in [0.29, 0.717) is 17.7 Å². The molecular weight excluding hydrogens is 362 g/mol. The Morgan fingerprint density at radius 3 is 2.10 bits per heavy atom. The molecule has 0 unspecified atom stereocenters. The van der Waals surface area contributed by atoms with Gasteiger partial charge >= 0.3 is 35.6 Å². The van der Waals surface area contributed by atoms with Crippen LogP contribution in [-0.4, -0.2) is 11.3 Å². The van der Waals surface area contributed by atoms with Gasteiger partial charge in [0, 0.05) is 23.9 Å². The van der Waals surface area contributed by atoms with E-state index in [9.17, 15) is 18.3 Å². The van der Waals surface area contributed by atoms with E-state index in [1.54, 1.807) is 12.1 Å². The Labute approximate surface area is 135 Å². The van der Waals surface area contributed by atoms with Gasteiger partial charge in [0.15, 0.2) is 11.6 Å². The first kappa shape index (κ1) is 18.0. The summed E-state index contributed by atoms with van der Waals surface area (Å²) in [6.07, 6.45) is 1.11. The van der Waals surface area contributed by atoms with Crippen LogP contribution in [0.5, 0.6) is 5.75 Å². The zero-order valence-electron chi connectivity index (χ0n) is 10.3. The standard InChI is InChI=1S/C13H8F3NO.2ClH.Ti/c14-9-5-10(15)13(11(16)6-9)17-7-8-3-1-2-4-12(8)18;;;/h1-7,18H;2*1H;/q;;;+2/p-2. The predicted octanol–water partition coefficient (Wildman–Crippen LogP) is 4.94. The molecule has 0 heterocycles. The Morgan fingerprint density at radius 1 is 1.05 bits per heavy atom. The number of hydrogen-bond acceptors (Lipinski definition) is 2. The number of aromatic hydroxyl groups is 1. The normalized spacial score (nSPS) is 10.1. The molecule has 2 aromatic carbocycles. The third-order valence-electron chi connectivity index (χ3n) is 2.25. The molecule has 110 valence electrons. The van der Waals surface area contributed by atoms with Crippen LogP contribution in [0.3, 0.4) is 0 Å². The molecule has 0 aliphatic heterocycles. The Bertz CT molecular complexity index is 618. The van der Waals surface area contributed by atoms with Crippen LogP contribution < -0.4 is 0 Å². The van der Waals surface area contributed by atoms with E-state index in [4.69, 9.17) is 18.6 Å². The number of benzene rings is 2. The first-order valence-corrected chi connectivity index (χ1v) is 9.72. The molecule has 0 aromatic heterocycles. The maximum absolute atomic E-state index is 13.3. The van der Waals surface area contributed by atoms with E-state index in [2.05, 4.69) is 4.99 Å². The van der Waals surface area contributed by atoms with Crippen molar-refractivity contribution in [2.45, 2.75) is 0 Å². The van der Waals surface area contributed by atoms with E-state index in [-0.39, 0.29) is 5.75 Å². The van der Waals surface area contributed by atoms with Gasteiger partial charge in [-0.05, 0) is 12.1 Å². The van der Waals surface area contributed by atoms with Crippen molar-refractivity contribution in [1.29, 1.82) is 0 Å². The van der Waals surface area contributed by atoms with Gasteiger partial charge in [0.2, 0.25) is 0 Å². The SMILES string of the molecule is Oc1ccccc1C=Nc1c(F)cc(F)cc1F.[Cl][Ti][Cl]. The molecule has 0 bridgehead atoms. The number of nitrogens with zero attached hydrogens (tertiary/aromatic N) is 1. The van der Waals surface area contributed by atoms with Crippen molar-refractivity contribution in [3.05, 3.63) is 59.4 Å². The van der Waals surface area contributed by atoms with Crippen LogP contribution in [0.2, 0.25) is 0 Å². The first-order valence-electron chi connectivity index (χ1n) is 5.42. The van der Waals surface area contributed by atoms with Gasteiger partial charge in [-0.3, -0.25) is 0 Å². The molecule has 2 rings (SSSR count). The Morgan fingerprint density at radius 2 is 1.57 bits per heavy atom. The summed E-state index contributed by atoms with van der Waals surface area (Å²) in [5.41, 5.74) is -0.291. The van der Waals surface area contributed by atoms with E-state index in [0.717, 1.165) is 6.21 Å². The molecule has 0 amide bonds. The second kappa shape index (κ2) is 9.10. The van der Waals surface area contributed by atoms with Gasteiger partial charge < -0.3 is 5.11 Å². The van der Waals surface area contributed by atoms with Crippen molar-refractivity contribution >= 4 is 30.5 Å². The van der Waals surface area contributed by atoms with Crippen LogP contribution in [0.4, 0.5) is 18.9 Å². The van der Waals surface area contributed by atoms with E-state index < -0.39 is 40.2 Å². The van der Waals surface area contributed by atoms with Crippen molar-refractivity contribution in [3.63, 3.8) is 0 Å². The van der Waals surface area contributed by atoms with Crippen molar-refractivity contribution < 1.29 is 35.3 Å². The third kappa shape index (κ3) is 5.71. The van der Waals surface area contributed by atoms with Crippen LogP contribution in [0, 0.1) is 17.5 Å². The fourth-order valence-corrected chi connectivity index (χ4v) is 1.39. The molecule has 0 aliphatic rings. The molecule has 0 spiro atoms. The molecule has 0 aliphatic carbocycles. The number of aliphatic imine (C=N–C) groups is 1.